The Bertz CT molecular complexity index is 1480. The SMILES string of the molecule is CN(C)c1n2c3ccccc3n3c(N(C)C)[n+]4ccccc4c3c2c2cccc[n+]12. The number of aromatic nitrogens is 4. The van der Waals surface area contributed by atoms with Crippen LogP contribution in [0.5, 0.6) is 0 Å². The van der Waals surface area contributed by atoms with Crippen LogP contribution in [0.15, 0.2) is 73.1 Å². The van der Waals surface area contributed by atoms with Crippen molar-refractivity contribution in [2.45, 2.75) is 0 Å². The number of fused-ring (bicyclic) bond motifs is 10. The molecule has 0 aliphatic heterocycles. The molecule has 0 bridgehead atoms. The Balaban J connectivity index is 2.10. The highest BCUT2D eigenvalue weighted by Crippen LogP contribution is 2.33. The molecule has 6 aromatic rings. The number of imidazole rings is 2. The van der Waals surface area contributed by atoms with Crippen molar-refractivity contribution < 1.29 is 8.80 Å². The van der Waals surface area contributed by atoms with Gasteiger partial charge in [-0.05, 0) is 36.4 Å². The quantitative estimate of drug-likeness (QED) is 0.420. The first-order valence-electron chi connectivity index (χ1n) is 10.1. The topological polar surface area (TPSA) is 23.5 Å². The maximum Gasteiger partial charge on any atom is 0.370 e. The predicted octanol–water partition coefficient (Wildman–Crippen LogP) is 2.95. The normalized spacial score (nSPS) is 12.0. The van der Waals surface area contributed by atoms with Crippen LogP contribution in [-0.2, 0) is 0 Å². The molecule has 6 nitrogen and oxygen atoms in total. The molecule has 0 aliphatic carbocycles. The van der Waals surface area contributed by atoms with Crippen molar-refractivity contribution in [3.05, 3.63) is 73.1 Å². The van der Waals surface area contributed by atoms with E-state index in [2.05, 4.69) is 129 Å². The highest BCUT2D eigenvalue weighted by Gasteiger charge is 2.32. The minimum atomic E-state index is 1.13. The standard InChI is InChI=1S/C24H24N6/c1-25(2)23-27-15-9-7-13-19(27)21-22-20-14-8-10-16-28(20)24(26(3)4)30(22)18-12-6-5-11-17(18)29(21)23/h5-16H,1-4H3/q+2. The van der Waals surface area contributed by atoms with Crippen LogP contribution >= 0.6 is 0 Å². The molecule has 30 heavy (non-hydrogen) atoms. The monoisotopic (exact) mass is 396 g/mol. The van der Waals surface area contributed by atoms with Gasteiger partial charge in [-0.3, -0.25) is 9.80 Å². The number of para-hydroxylation sites is 2. The molecule has 148 valence electrons. The van der Waals surface area contributed by atoms with Gasteiger partial charge in [-0.2, -0.15) is 8.80 Å². The molecule has 0 atom stereocenters. The second-order valence-electron chi connectivity index (χ2n) is 8.16. The van der Waals surface area contributed by atoms with Crippen molar-refractivity contribution in [2.24, 2.45) is 0 Å². The van der Waals surface area contributed by atoms with Gasteiger partial charge in [0.05, 0.1) is 40.6 Å². The average Bonchev–Trinajstić information content (AvgIpc) is 3.27. The number of hydrogen-bond acceptors (Lipinski definition) is 2. The fraction of sp³-hybridized carbons (Fsp3) is 0.167. The first-order chi connectivity index (χ1) is 14.6. The van der Waals surface area contributed by atoms with Crippen molar-refractivity contribution in [3.8, 4) is 0 Å². The molecule has 5 heterocycles. The van der Waals surface area contributed by atoms with Crippen LogP contribution in [-0.4, -0.2) is 37.0 Å². The van der Waals surface area contributed by atoms with E-state index in [1.54, 1.807) is 0 Å². The third-order valence-electron chi connectivity index (χ3n) is 5.87. The Morgan fingerprint density at radius 1 is 0.567 bits per heavy atom. The van der Waals surface area contributed by atoms with Gasteiger partial charge in [-0.1, -0.05) is 24.3 Å². The molecular formula is C24H24N6+2. The molecule has 0 spiro atoms. The van der Waals surface area contributed by atoms with E-state index in [4.69, 9.17) is 0 Å². The smallest absolute Gasteiger partial charge is 0.269 e. The van der Waals surface area contributed by atoms with Crippen LogP contribution in [0.2, 0.25) is 0 Å². The highest BCUT2D eigenvalue weighted by atomic mass is 15.3. The van der Waals surface area contributed by atoms with Crippen LogP contribution in [0.1, 0.15) is 0 Å². The van der Waals surface area contributed by atoms with E-state index in [1.807, 2.05) is 0 Å². The van der Waals surface area contributed by atoms with Crippen LogP contribution in [0.3, 0.4) is 0 Å². The Morgan fingerprint density at radius 3 is 1.37 bits per heavy atom. The molecule has 0 radical (unpaired) electrons. The number of anilines is 2. The second kappa shape index (κ2) is 5.86. The van der Waals surface area contributed by atoms with E-state index in [0.29, 0.717) is 0 Å². The van der Waals surface area contributed by atoms with Crippen molar-refractivity contribution in [2.75, 3.05) is 38.0 Å². The van der Waals surface area contributed by atoms with Crippen LogP contribution in [0.4, 0.5) is 11.9 Å². The summed E-state index contributed by atoms with van der Waals surface area (Å²) in [5.74, 6) is 2.25. The van der Waals surface area contributed by atoms with Crippen LogP contribution in [0, 0.1) is 0 Å². The Kier molecular flexibility index (Phi) is 3.34. The minimum absolute atomic E-state index is 1.13. The second-order valence-corrected chi connectivity index (χ2v) is 8.16. The van der Waals surface area contributed by atoms with Gasteiger partial charge in [-0.15, -0.1) is 0 Å². The molecule has 6 rings (SSSR count). The molecule has 0 unspecified atom stereocenters. The third kappa shape index (κ3) is 1.98. The lowest BCUT2D eigenvalue weighted by Crippen LogP contribution is -2.29. The first-order valence-corrected chi connectivity index (χ1v) is 10.1. The molecule has 1 aromatic carbocycles. The molecule has 6 heteroatoms. The van der Waals surface area contributed by atoms with Crippen molar-refractivity contribution in [3.63, 3.8) is 0 Å². The summed E-state index contributed by atoms with van der Waals surface area (Å²) in [6, 6.07) is 21.5. The molecule has 0 saturated heterocycles. The molecule has 0 N–H and O–H groups in total. The lowest BCUT2D eigenvalue weighted by atomic mass is 10.2. The molecule has 0 saturated carbocycles. The number of pyridine rings is 2. The lowest BCUT2D eigenvalue weighted by molar-refractivity contribution is -0.497. The predicted molar refractivity (Wildman–Crippen MR) is 121 cm³/mol. The maximum atomic E-state index is 2.40. The zero-order chi connectivity index (χ0) is 20.6. The third-order valence-corrected chi connectivity index (χ3v) is 5.87. The van der Waals surface area contributed by atoms with E-state index in [0.717, 1.165) is 11.9 Å². The van der Waals surface area contributed by atoms with Gasteiger partial charge in [-0.25, -0.2) is 8.80 Å². The lowest BCUT2D eigenvalue weighted by Gasteiger charge is -2.08. The molecule has 0 fully saturated rings. The van der Waals surface area contributed by atoms with Gasteiger partial charge in [0.25, 0.3) is 0 Å². The van der Waals surface area contributed by atoms with E-state index >= 15 is 0 Å². The number of hydrogen-bond donors (Lipinski definition) is 0. The van der Waals surface area contributed by atoms with E-state index in [9.17, 15) is 0 Å². The van der Waals surface area contributed by atoms with Gasteiger partial charge < -0.3 is 0 Å². The number of rotatable bonds is 2. The van der Waals surface area contributed by atoms with Gasteiger partial charge >= 0.3 is 11.9 Å². The fourth-order valence-corrected chi connectivity index (χ4v) is 4.85. The summed E-state index contributed by atoms with van der Waals surface area (Å²) in [5, 5.41) is 0. The van der Waals surface area contributed by atoms with Crippen molar-refractivity contribution >= 4 is 45.0 Å². The largest absolute Gasteiger partial charge is 0.370 e. The zero-order valence-electron chi connectivity index (χ0n) is 17.6. The van der Waals surface area contributed by atoms with Crippen LogP contribution < -0.4 is 18.6 Å². The molecule has 0 aliphatic rings. The summed E-state index contributed by atoms with van der Waals surface area (Å²) in [4.78, 5) is 4.38. The average molecular weight is 396 g/mol. The zero-order valence-corrected chi connectivity index (χ0v) is 17.6. The van der Waals surface area contributed by atoms with Gasteiger partial charge in [0.1, 0.15) is 11.0 Å². The maximum absolute atomic E-state index is 2.40. The van der Waals surface area contributed by atoms with E-state index in [1.165, 1.54) is 33.1 Å². The van der Waals surface area contributed by atoms with Crippen LogP contribution in [0.25, 0.3) is 33.1 Å². The number of benzene rings is 1. The molecule has 0 amide bonds. The van der Waals surface area contributed by atoms with Gasteiger partial charge in [0.15, 0.2) is 22.1 Å². The van der Waals surface area contributed by atoms with E-state index in [-0.39, 0.29) is 0 Å². The molecule has 5 aromatic heterocycles. The summed E-state index contributed by atoms with van der Waals surface area (Å²) < 4.78 is 9.35. The minimum Gasteiger partial charge on any atom is -0.269 e. The van der Waals surface area contributed by atoms with Gasteiger partial charge in [0.2, 0.25) is 0 Å². The van der Waals surface area contributed by atoms with Gasteiger partial charge in [0, 0.05) is 0 Å². The Hall–Kier alpha value is -3.80. The summed E-state index contributed by atoms with van der Waals surface area (Å²) >= 11 is 0. The summed E-state index contributed by atoms with van der Waals surface area (Å²) in [6.07, 6.45) is 4.29. The first kappa shape index (κ1) is 17.1. The Morgan fingerprint density at radius 2 is 0.967 bits per heavy atom. The summed E-state index contributed by atoms with van der Waals surface area (Å²) in [7, 11) is 8.43. The Labute approximate surface area is 174 Å². The number of nitrogens with zero attached hydrogens (tertiary/aromatic N) is 6. The summed E-state index contributed by atoms with van der Waals surface area (Å²) in [5.41, 5.74) is 7.13. The van der Waals surface area contributed by atoms with Crippen molar-refractivity contribution in [1.29, 1.82) is 0 Å². The van der Waals surface area contributed by atoms with E-state index < -0.39 is 0 Å². The fourth-order valence-electron chi connectivity index (χ4n) is 4.85. The molecular weight excluding hydrogens is 372 g/mol. The summed E-state index contributed by atoms with van der Waals surface area (Å²) in [6.45, 7) is 0. The van der Waals surface area contributed by atoms with Crippen molar-refractivity contribution in [1.82, 2.24) is 8.80 Å². The highest BCUT2D eigenvalue weighted by molar-refractivity contribution is 6.03.